The van der Waals surface area contributed by atoms with E-state index in [1.807, 2.05) is 6.92 Å². The average Bonchev–Trinajstić information content (AvgIpc) is 3.52. The van der Waals surface area contributed by atoms with Crippen LogP contribution in [-0.4, -0.2) is 55.5 Å². The van der Waals surface area contributed by atoms with Crippen molar-refractivity contribution in [1.29, 1.82) is 0 Å². The van der Waals surface area contributed by atoms with Crippen molar-refractivity contribution in [3.8, 4) is 33.9 Å². The molecule has 196 valence electrons. The molecule has 2 N–H and O–H groups in total. The second kappa shape index (κ2) is 9.31. The van der Waals surface area contributed by atoms with Gasteiger partial charge in [-0.3, -0.25) is 15.1 Å². The number of aromatic amines is 2. The van der Waals surface area contributed by atoms with Crippen molar-refractivity contribution in [2.24, 2.45) is 0 Å². The first-order valence-electron chi connectivity index (χ1n) is 11.9. The average molecular weight is 546 g/mol. The second-order valence-corrected chi connectivity index (χ2v) is 11.6. The van der Waals surface area contributed by atoms with Crippen molar-refractivity contribution >= 4 is 31.9 Å². The van der Waals surface area contributed by atoms with E-state index < -0.39 is 21.5 Å². The monoisotopic (exact) mass is 545 g/mol. The highest BCUT2D eigenvalue weighted by molar-refractivity contribution is 7.90. The molecule has 0 bridgehead atoms. The number of imidazole rings is 1. The topological polar surface area (TPSA) is 130 Å². The minimum absolute atomic E-state index is 0.0942. The summed E-state index contributed by atoms with van der Waals surface area (Å²) in [6, 6.07) is 7.90. The molecule has 0 aliphatic heterocycles. The number of aryl methyl sites for hydroxylation is 2. The molecule has 0 aliphatic carbocycles. The van der Waals surface area contributed by atoms with E-state index in [4.69, 9.17) is 0 Å². The Labute approximate surface area is 221 Å². The van der Waals surface area contributed by atoms with Gasteiger partial charge in [0.1, 0.15) is 27.0 Å². The van der Waals surface area contributed by atoms with Gasteiger partial charge in [-0.1, -0.05) is 6.07 Å². The predicted molar refractivity (Wildman–Crippen MR) is 144 cm³/mol. The summed E-state index contributed by atoms with van der Waals surface area (Å²) in [5.74, 6) is -0.888. The lowest BCUT2D eigenvalue weighted by atomic mass is 10.0. The first-order valence-corrected chi connectivity index (χ1v) is 14.0. The summed E-state index contributed by atoms with van der Waals surface area (Å²) in [6.45, 7) is 1.85. The van der Waals surface area contributed by atoms with Gasteiger partial charge >= 0.3 is 0 Å². The van der Waals surface area contributed by atoms with Crippen molar-refractivity contribution < 1.29 is 17.2 Å². The van der Waals surface area contributed by atoms with Crippen LogP contribution in [0.4, 0.5) is 8.78 Å². The van der Waals surface area contributed by atoms with E-state index in [1.165, 1.54) is 18.3 Å². The Morgan fingerprint density at radius 2 is 1.82 bits per heavy atom. The third kappa shape index (κ3) is 4.63. The Morgan fingerprint density at radius 3 is 2.62 bits per heavy atom. The number of pyridine rings is 3. The van der Waals surface area contributed by atoms with Crippen molar-refractivity contribution in [2.75, 3.05) is 12.0 Å². The number of fused-ring (bicyclic) bond motifs is 2. The molecule has 0 unspecified atom stereocenters. The number of aromatic nitrogens is 7. The van der Waals surface area contributed by atoms with Gasteiger partial charge in [0.05, 0.1) is 28.4 Å². The summed E-state index contributed by atoms with van der Waals surface area (Å²) in [4.78, 5) is 20.4. The van der Waals surface area contributed by atoms with Crippen LogP contribution in [0.2, 0.25) is 0 Å². The number of nitrogens with one attached hydrogen (secondary N) is 2. The highest BCUT2D eigenvalue weighted by Gasteiger charge is 2.22. The van der Waals surface area contributed by atoms with E-state index in [9.17, 15) is 12.8 Å². The van der Waals surface area contributed by atoms with Crippen LogP contribution in [-0.2, 0) is 16.3 Å². The predicted octanol–water partition coefficient (Wildman–Crippen LogP) is 4.80. The molecule has 0 fully saturated rings. The van der Waals surface area contributed by atoms with E-state index in [2.05, 4.69) is 35.1 Å². The molecule has 0 atom stereocenters. The van der Waals surface area contributed by atoms with Crippen LogP contribution in [0.5, 0.6) is 0 Å². The van der Waals surface area contributed by atoms with Gasteiger partial charge in [0.25, 0.3) is 0 Å². The van der Waals surface area contributed by atoms with Gasteiger partial charge < -0.3 is 4.98 Å². The first kappa shape index (κ1) is 24.7. The van der Waals surface area contributed by atoms with Crippen LogP contribution in [0.1, 0.15) is 11.1 Å². The number of hydrogen-bond acceptors (Lipinski definition) is 7. The second-order valence-electron chi connectivity index (χ2n) is 9.34. The van der Waals surface area contributed by atoms with Crippen LogP contribution in [0.3, 0.4) is 0 Å². The Balaban J connectivity index is 1.47. The summed E-state index contributed by atoms with van der Waals surface area (Å²) in [5.41, 5.74) is 4.68. The quantitative estimate of drug-likeness (QED) is 0.307. The third-order valence-electron chi connectivity index (χ3n) is 6.49. The van der Waals surface area contributed by atoms with Crippen LogP contribution in [0.15, 0.2) is 55.1 Å². The van der Waals surface area contributed by atoms with Crippen LogP contribution in [0.25, 0.3) is 56.0 Å². The van der Waals surface area contributed by atoms with E-state index >= 15 is 4.39 Å². The van der Waals surface area contributed by atoms with Gasteiger partial charge in [-0.2, -0.15) is 5.10 Å². The number of H-pyrrole nitrogens is 2. The van der Waals surface area contributed by atoms with Crippen molar-refractivity contribution in [3.63, 3.8) is 0 Å². The summed E-state index contributed by atoms with van der Waals surface area (Å²) < 4.78 is 53.6. The van der Waals surface area contributed by atoms with E-state index in [0.29, 0.717) is 38.9 Å². The van der Waals surface area contributed by atoms with Crippen LogP contribution >= 0.6 is 0 Å². The van der Waals surface area contributed by atoms with Gasteiger partial charge in [-0.05, 0) is 54.3 Å². The summed E-state index contributed by atoms with van der Waals surface area (Å²) in [7, 11) is -3.21. The van der Waals surface area contributed by atoms with Gasteiger partial charge in [-0.15, -0.1) is 0 Å². The number of hydrogen-bond donors (Lipinski definition) is 2. The Kier molecular flexibility index (Phi) is 5.91. The van der Waals surface area contributed by atoms with Crippen molar-refractivity contribution in [2.45, 2.75) is 13.3 Å². The smallest absolute Gasteiger partial charge is 0.178 e. The number of rotatable bonds is 6. The SMILES string of the molecule is Cc1ccncc1-c1ncc2[nH]nc(-c3nc4nccc(-c5cc(F)cc(CCS(C)(=O)=O)c5)c4[nH]3)c2c1F. The van der Waals surface area contributed by atoms with Gasteiger partial charge in [0, 0.05) is 36.0 Å². The molecule has 0 spiro atoms. The molecule has 0 radical (unpaired) electrons. The first-order chi connectivity index (χ1) is 18.7. The highest BCUT2D eigenvalue weighted by Crippen LogP contribution is 2.35. The summed E-state index contributed by atoms with van der Waals surface area (Å²) in [5, 5.41) is 7.31. The van der Waals surface area contributed by atoms with Crippen molar-refractivity contribution in [3.05, 3.63) is 77.9 Å². The molecule has 0 aliphatic rings. The minimum Gasteiger partial charge on any atom is -0.335 e. The van der Waals surface area contributed by atoms with Crippen LogP contribution in [0, 0.1) is 18.6 Å². The molecular formula is C27H21F2N7O2S. The van der Waals surface area contributed by atoms with E-state index in [1.54, 1.807) is 36.8 Å². The van der Waals surface area contributed by atoms with Gasteiger partial charge in [0.2, 0.25) is 0 Å². The molecule has 6 rings (SSSR count). The Hall–Kier alpha value is -4.58. The number of nitrogens with zero attached hydrogens (tertiary/aromatic N) is 5. The third-order valence-corrected chi connectivity index (χ3v) is 7.43. The maximum atomic E-state index is 15.9. The van der Waals surface area contributed by atoms with Crippen LogP contribution < -0.4 is 0 Å². The molecule has 6 aromatic rings. The molecule has 12 heteroatoms. The highest BCUT2D eigenvalue weighted by atomic mass is 32.2. The maximum Gasteiger partial charge on any atom is 0.178 e. The number of benzene rings is 1. The van der Waals surface area contributed by atoms with Gasteiger partial charge in [-0.25, -0.2) is 27.2 Å². The molecular weight excluding hydrogens is 524 g/mol. The molecule has 5 heterocycles. The fraction of sp³-hybridized carbons (Fsp3) is 0.148. The normalized spacial score (nSPS) is 12.0. The molecule has 1 aromatic carbocycles. The fourth-order valence-electron chi connectivity index (χ4n) is 4.56. The molecule has 39 heavy (non-hydrogen) atoms. The largest absolute Gasteiger partial charge is 0.335 e. The lowest BCUT2D eigenvalue weighted by molar-refractivity contribution is 0.600. The lowest BCUT2D eigenvalue weighted by Crippen LogP contribution is -2.06. The number of halogens is 2. The zero-order valence-electron chi connectivity index (χ0n) is 20.8. The standard InChI is InChI=1S/C27H21F2N7O2S/c1-14-3-6-30-12-19(14)23-22(29)21-20(13-32-23)35-36-25(21)27-33-24-18(4-7-31-26(24)34-27)16-9-15(10-17(28)11-16)5-8-39(2,37)38/h3-4,6-7,9-13H,5,8H2,1-2H3,(H,35,36)(H,31,33,34). The van der Waals surface area contributed by atoms with E-state index in [-0.39, 0.29) is 34.8 Å². The minimum atomic E-state index is -3.21. The fourth-order valence-corrected chi connectivity index (χ4v) is 5.17. The van der Waals surface area contributed by atoms with Crippen molar-refractivity contribution in [1.82, 2.24) is 35.1 Å². The van der Waals surface area contributed by atoms with E-state index in [0.717, 1.165) is 11.8 Å². The molecule has 9 nitrogen and oxygen atoms in total. The zero-order chi connectivity index (χ0) is 27.3. The maximum absolute atomic E-state index is 15.9. The molecule has 0 saturated heterocycles. The molecule has 5 aromatic heterocycles. The lowest BCUT2D eigenvalue weighted by Gasteiger charge is -2.07. The molecule has 0 saturated carbocycles. The van der Waals surface area contributed by atoms with Gasteiger partial charge in [0.15, 0.2) is 17.3 Å². The number of sulfone groups is 1. The summed E-state index contributed by atoms with van der Waals surface area (Å²) in [6.07, 6.45) is 7.56. The summed E-state index contributed by atoms with van der Waals surface area (Å²) >= 11 is 0. The zero-order valence-corrected chi connectivity index (χ0v) is 21.6. The Morgan fingerprint density at radius 1 is 0.974 bits per heavy atom. The molecule has 0 amide bonds. The Bertz CT molecular complexity index is 2000.